The summed E-state index contributed by atoms with van der Waals surface area (Å²) in [6.07, 6.45) is -2.84. The van der Waals surface area contributed by atoms with Gasteiger partial charge >= 0.3 is 30.0 Å². The molecule has 1 rings (SSSR count). The zero-order valence-electron chi connectivity index (χ0n) is 19.4. The highest BCUT2D eigenvalue weighted by atomic mass is 19.4. The molecule has 0 saturated heterocycles. The van der Waals surface area contributed by atoms with Gasteiger partial charge in [-0.05, 0) is 58.3 Å². The van der Waals surface area contributed by atoms with Crippen LogP contribution in [-0.2, 0) is 23.9 Å². The van der Waals surface area contributed by atoms with Crippen molar-refractivity contribution in [3.8, 4) is 0 Å². The van der Waals surface area contributed by atoms with Gasteiger partial charge in [-0.3, -0.25) is 14.4 Å². The summed E-state index contributed by atoms with van der Waals surface area (Å²) < 4.78 is 73.5. The van der Waals surface area contributed by atoms with Gasteiger partial charge in [0.25, 0.3) is 0 Å². The van der Waals surface area contributed by atoms with Crippen molar-refractivity contribution in [2.24, 2.45) is 17.3 Å². The van der Waals surface area contributed by atoms with Gasteiger partial charge in [0.15, 0.2) is 6.61 Å². The van der Waals surface area contributed by atoms with E-state index in [4.69, 9.17) is 4.74 Å². The minimum absolute atomic E-state index is 0.0142. The fraction of sp³-hybridized carbons (Fsp3) is 0.864. The van der Waals surface area contributed by atoms with Gasteiger partial charge in [-0.25, -0.2) is 0 Å². The Kier molecular flexibility index (Phi) is 9.69. The van der Waals surface area contributed by atoms with Gasteiger partial charge in [0.2, 0.25) is 0 Å². The molecule has 0 bridgehead atoms. The van der Waals surface area contributed by atoms with Gasteiger partial charge in [-0.1, -0.05) is 20.8 Å². The molecule has 0 aromatic rings. The van der Waals surface area contributed by atoms with E-state index in [2.05, 4.69) is 4.74 Å². The van der Waals surface area contributed by atoms with Crippen molar-refractivity contribution < 1.29 is 50.9 Å². The molecule has 6 nitrogen and oxygen atoms in total. The van der Waals surface area contributed by atoms with Gasteiger partial charge in [-0.15, -0.1) is 0 Å². The van der Waals surface area contributed by atoms with Gasteiger partial charge in [0.05, 0.1) is 17.3 Å². The largest absolute Gasteiger partial charge is 0.481 e. The molecule has 0 amide bonds. The topological polar surface area (TPSA) is 89.9 Å². The van der Waals surface area contributed by atoms with E-state index in [1.165, 1.54) is 20.8 Å². The number of aliphatic carboxylic acids is 1. The summed E-state index contributed by atoms with van der Waals surface area (Å²) in [6, 6.07) is 0. The second kappa shape index (κ2) is 11.0. The summed E-state index contributed by atoms with van der Waals surface area (Å²) in [6.45, 7) is 3.99. The number of rotatable bonds is 12. The maximum absolute atomic E-state index is 13.2. The lowest BCUT2D eigenvalue weighted by molar-refractivity contribution is -0.294. The minimum atomic E-state index is -5.88. The average molecular weight is 488 g/mol. The Morgan fingerprint density at radius 2 is 1.58 bits per heavy atom. The molecule has 192 valence electrons. The Labute approximate surface area is 190 Å². The number of carboxylic acid groups (broad SMARTS) is 1. The second-order valence-corrected chi connectivity index (χ2v) is 9.26. The Morgan fingerprint density at radius 1 is 1.03 bits per heavy atom. The molecule has 3 unspecified atom stereocenters. The van der Waals surface area contributed by atoms with E-state index in [1.54, 1.807) is 0 Å². The molecule has 1 saturated carbocycles. The molecule has 0 radical (unpaired) electrons. The van der Waals surface area contributed by atoms with Crippen LogP contribution >= 0.6 is 0 Å². The van der Waals surface area contributed by atoms with Crippen LogP contribution in [0.4, 0.5) is 22.0 Å². The third-order valence-corrected chi connectivity index (χ3v) is 6.47. The first-order valence-electron chi connectivity index (χ1n) is 11.1. The van der Waals surface area contributed by atoms with Crippen LogP contribution in [0.15, 0.2) is 0 Å². The number of carbonyl (C=O) groups is 3. The Hall–Kier alpha value is -1.94. The molecule has 0 aromatic heterocycles. The summed E-state index contributed by atoms with van der Waals surface area (Å²) in [4.78, 5) is 37.0. The fourth-order valence-electron chi connectivity index (χ4n) is 4.18. The van der Waals surface area contributed by atoms with Crippen LogP contribution < -0.4 is 0 Å². The molecule has 0 heterocycles. The van der Waals surface area contributed by atoms with E-state index in [9.17, 15) is 41.4 Å². The van der Waals surface area contributed by atoms with Crippen LogP contribution in [-0.4, -0.2) is 47.3 Å². The number of carbonyl (C=O) groups excluding carboxylic acids is 2. The SMILES string of the molecule is CCC(CC(C)(CC(C)C(=O)O)C(=O)OC1(CC)CCCC1)C(=O)OCC(F)(F)C(F)(F)F. The van der Waals surface area contributed by atoms with E-state index in [-0.39, 0.29) is 19.3 Å². The van der Waals surface area contributed by atoms with Crippen LogP contribution in [0.2, 0.25) is 0 Å². The van der Waals surface area contributed by atoms with Crippen LogP contribution in [0.1, 0.15) is 79.1 Å². The molecule has 0 spiro atoms. The van der Waals surface area contributed by atoms with Crippen LogP contribution in [0.3, 0.4) is 0 Å². The molecule has 0 aromatic carbocycles. The number of esters is 2. The molecule has 33 heavy (non-hydrogen) atoms. The van der Waals surface area contributed by atoms with Crippen molar-refractivity contribution in [1.82, 2.24) is 0 Å². The van der Waals surface area contributed by atoms with E-state index >= 15 is 0 Å². The van der Waals surface area contributed by atoms with Gasteiger partial charge in [0.1, 0.15) is 5.60 Å². The van der Waals surface area contributed by atoms with E-state index in [1.807, 2.05) is 6.92 Å². The summed E-state index contributed by atoms with van der Waals surface area (Å²) in [5.41, 5.74) is -2.18. The summed E-state index contributed by atoms with van der Waals surface area (Å²) in [5.74, 6) is -10.6. The predicted octanol–water partition coefficient (Wildman–Crippen LogP) is 5.53. The number of alkyl halides is 5. The highest BCUT2D eigenvalue weighted by Gasteiger charge is 2.58. The van der Waals surface area contributed by atoms with Crippen molar-refractivity contribution in [1.29, 1.82) is 0 Å². The maximum atomic E-state index is 13.2. The smallest absolute Gasteiger partial charge is 0.456 e. The monoisotopic (exact) mass is 488 g/mol. The first kappa shape index (κ1) is 29.1. The lowest BCUT2D eigenvalue weighted by Crippen LogP contribution is -2.44. The van der Waals surface area contributed by atoms with Crippen LogP contribution in [0.5, 0.6) is 0 Å². The van der Waals surface area contributed by atoms with Crippen molar-refractivity contribution in [3.05, 3.63) is 0 Å². The molecule has 1 N–H and O–H groups in total. The van der Waals surface area contributed by atoms with Crippen molar-refractivity contribution in [2.75, 3.05) is 6.61 Å². The zero-order chi connectivity index (χ0) is 25.7. The van der Waals surface area contributed by atoms with E-state index < -0.39 is 59.5 Å². The highest BCUT2D eigenvalue weighted by Crippen LogP contribution is 2.42. The second-order valence-electron chi connectivity index (χ2n) is 9.26. The molecule has 1 fully saturated rings. The standard InChI is InChI=1S/C22H33F5O6/c1-5-15(17(30)32-13-21(23,24)22(25,26)27)12-19(4,11-14(3)16(28)29)18(31)33-20(6-2)9-7-8-10-20/h14-15H,5-13H2,1-4H3,(H,28,29). The van der Waals surface area contributed by atoms with Gasteiger partial charge in [0, 0.05) is 0 Å². The summed E-state index contributed by atoms with van der Waals surface area (Å²) in [7, 11) is 0. The van der Waals surface area contributed by atoms with Crippen molar-refractivity contribution in [2.45, 2.75) is 96.8 Å². The predicted molar refractivity (Wildman–Crippen MR) is 107 cm³/mol. The summed E-state index contributed by atoms with van der Waals surface area (Å²) in [5, 5.41) is 9.33. The van der Waals surface area contributed by atoms with Crippen LogP contribution in [0, 0.1) is 17.3 Å². The number of halogens is 5. The lowest BCUT2D eigenvalue weighted by Gasteiger charge is -2.36. The van der Waals surface area contributed by atoms with Gasteiger partial charge < -0.3 is 14.6 Å². The third kappa shape index (κ3) is 7.53. The molecular weight excluding hydrogens is 455 g/mol. The van der Waals surface area contributed by atoms with E-state index in [0.29, 0.717) is 19.3 Å². The average Bonchev–Trinajstić information content (AvgIpc) is 3.18. The minimum Gasteiger partial charge on any atom is -0.481 e. The van der Waals surface area contributed by atoms with Crippen LogP contribution in [0.25, 0.3) is 0 Å². The molecule has 0 aliphatic heterocycles. The Morgan fingerprint density at radius 3 is 2.00 bits per heavy atom. The Bertz CT molecular complexity index is 702. The third-order valence-electron chi connectivity index (χ3n) is 6.47. The first-order valence-corrected chi connectivity index (χ1v) is 11.1. The van der Waals surface area contributed by atoms with E-state index in [0.717, 1.165) is 12.8 Å². The number of hydrogen-bond donors (Lipinski definition) is 1. The normalized spacial score (nSPS) is 19.9. The van der Waals surface area contributed by atoms with Crippen molar-refractivity contribution >= 4 is 17.9 Å². The fourth-order valence-corrected chi connectivity index (χ4v) is 4.18. The highest BCUT2D eigenvalue weighted by molar-refractivity contribution is 5.80. The first-order chi connectivity index (χ1) is 15.0. The summed E-state index contributed by atoms with van der Waals surface area (Å²) >= 11 is 0. The zero-order valence-corrected chi connectivity index (χ0v) is 19.4. The quantitative estimate of drug-likeness (QED) is 0.287. The number of carboxylic acids is 1. The molecular formula is C22H33F5O6. The molecule has 11 heteroatoms. The Balaban J connectivity index is 3.07. The van der Waals surface area contributed by atoms with Crippen molar-refractivity contribution in [3.63, 3.8) is 0 Å². The maximum Gasteiger partial charge on any atom is 0.456 e. The molecule has 1 aliphatic carbocycles. The number of hydrogen-bond acceptors (Lipinski definition) is 5. The van der Waals surface area contributed by atoms with Gasteiger partial charge in [-0.2, -0.15) is 22.0 Å². The molecule has 1 aliphatic rings. The molecule has 3 atom stereocenters. The lowest BCUT2D eigenvalue weighted by atomic mass is 9.74. The number of ether oxygens (including phenoxy) is 2.